The maximum Gasteiger partial charge on any atom is 0.0818 e. The fourth-order valence-electron chi connectivity index (χ4n) is 2.18. The first-order valence-corrected chi connectivity index (χ1v) is 6.61. The number of ether oxygens (including phenoxy) is 1. The molecule has 1 N–H and O–H groups in total. The molecule has 1 heterocycles. The Morgan fingerprint density at radius 1 is 1.33 bits per heavy atom. The molecular formula is C15H26N2O. The van der Waals surface area contributed by atoms with Gasteiger partial charge in [0.2, 0.25) is 0 Å². The molecule has 1 aromatic rings. The average Bonchev–Trinajstić information content (AvgIpc) is 2.30. The molecular weight excluding hydrogens is 224 g/mol. The van der Waals surface area contributed by atoms with Gasteiger partial charge in [-0.25, -0.2) is 0 Å². The lowest BCUT2D eigenvalue weighted by Crippen LogP contribution is -2.41. The van der Waals surface area contributed by atoms with Crippen molar-refractivity contribution in [3.63, 3.8) is 0 Å². The van der Waals surface area contributed by atoms with E-state index in [4.69, 9.17) is 4.74 Å². The van der Waals surface area contributed by atoms with Crippen LogP contribution in [0.1, 0.15) is 45.0 Å². The highest BCUT2D eigenvalue weighted by atomic mass is 16.5. The minimum absolute atomic E-state index is 0.0779. The van der Waals surface area contributed by atoms with E-state index in [1.807, 2.05) is 33.2 Å². The van der Waals surface area contributed by atoms with Gasteiger partial charge in [-0.2, -0.15) is 0 Å². The summed E-state index contributed by atoms with van der Waals surface area (Å²) in [4.78, 5) is 4.38. The number of rotatable bonds is 5. The molecule has 0 spiro atoms. The zero-order valence-corrected chi connectivity index (χ0v) is 12.4. The molecule has 0 saturated carbocycles. The van der Waals surface area contributed by atoms with Crippen molar-refractivity contribution in [3.05, 3.63) is 29.6 Å². The van der Waals surface area contributed by atoms with Gasteiger partial charge in [-0.1, -0.05) is 26.8 Å². The van der Waals surface area contributed by atoms with Crippen molar-refractivity contribution in [3.8, 4) is 0 Å². The lowest BCUT2D eigenvalue weighted by atomic mass is 9.82. The fraction of sp³-hybridized carbons (Fsp3) is 0.667. The maximum absolute atomic E-state index is 5.95. The molecule has 0 aromatic carbocycles. The minimum Gasteiger partial charge on any atom is -0.376 e. The second kappa shape index (κ2) is 6.30. The van der Waals surface area contributed by atoms with E-state index in [1.54, 1.807) is 0 Å². The zero-order chi connectivity index (χ0) is 13.8. The fourth-order valence-corrected chi connectivity index (χ4v) is 2.18. The van der Waals surface area contributed by atoms with Gasteiger partial charge in [-0.3, -0.25) is 4.98 Å². The molecule has 2 unspecified atom stereocenters. The van der Waals surface area contributed by atoms with E-state index < -0.39 is 0 Å². The quantitative estimate of drug-likeness (QED) is 0.872. The van der Waals surface area contributed by atoms with Crippen LogP contribution in [0.2, 0.25) is 0 Å². The van der Waals surface area contributed by atoms with Crippen molar-refractivity contribution in [2.75, 3.05) is 13.7 Å². The lowest BCUT2D eigenvalue weighted by molar-refractivity contribution is -0.0351. The zero-order valence-electron chi connectivity index (χ0n) is 12.4. The first-order chi connectivity index (χ1) is 8.40. The Labute approximate surface area is 111 Å². The van der Waals surface area contributed by atoms with Crippen molar-refractivity contribution < 1.29 is 4.74 Å². The number of nitrogens with zero attached hydrogens (tertiary/aromatic N) is 1. The molecule has 0 aliphatic carbocycles. The van der Waals surface area contributed by atoms with Crippen LogP contribution < -0.4 is 5.32 Å². The second-order valence-electron chi connectivity index (χ2n) is 5.74. The molecule has 0 amide bonds. The van der Waals surface area contributed by atoms with Crippen LogP contribution in [0.4, 0.5) is 0 Å². The summed E-state index contributed by atoms with van der Waals surface area (Å²) in [7, 11) is 1.97. The van der Waals surface area contributed by atoms with E-state index in [-0.39, 0.29) is 17.6 Å². The van der Waals surface area contributed by atoms with Gasteiger partial charge < -0.3 is 10.1 Å². The number of aryl methyl sites for hydroxylation is 1. The Balaban J connectivity index is 3.02. The van der Waals surface area contributed by atoms with Gasteiger partial charge in [0.05, 0.1) is 12.1 Å². The van der Waals surface area contributed by atoms with Crippen LogP contribution in [0.25, 0.3) is 0 Å². The van der Waals surface area contributed by atoms with Crippen LogP contribution in [-0.4, -0.2) is 24.7 Å². The van der Waals surface area contributed by atoms with Crippen molar-refractivity contribution in [1.82, 2.24) is 10.3 Å². The van der Waals surface area contributed by atoms with Crippen LogP contribution >= 0.6 is 0 Å². The summed E-state index contributed by atoms with van der Waals surface area (Å²) < 4.78 is 5.95. The molecule has 0 radical (unpaired) electrons. The molecule has 0 fully saturated rings. The summed E-state index contributed by atoms with van der Waals surface area (Å²) in [5, 5.41) is 3.36. The van der Waals surface area contributed by atoms with Crippen LogP contribution in [0.5, 0.6) is 0 Å². The van der Waals surface area contributed by atoms with E-state index in [0.29, 0.717) is 0 Å². The van der Waals surface area contributed by atoms with E-state index in [9.17, 15) is 0 Å². The van der Waals surface area contributed by atoms with E-state index in [1.165, 1.54) is 5.56 Å². The summed E-state index contributed by atoms with van der Waals surface area (Å²) in [6.07, 6.45) is 2.06. The molecule has 1 rings (SSSR count). The standard InChI is InChI=1S/C15H26N2O/c1-7-18-14(15(3,4)5)13(16-6)12-9-8-11(2)17-10-12/h8-10,13-14,16H,7H2,1-6H3. The van der Waals surface area contributed by atoms with Gasteiger partial charge >= 0.3 is 0 Å². The van der Waals surface area contributed by atoms with Gasteiger partial charge in [0, 0.05) is 18.5 Å². The van der Waals surface area contributed by atoms with Crippen molar-refractivity contribution in [1.29, 1.82) is 0 Å². The molecule has 0 saturated heterocycles. The SMILES string of the molecule is CCOC(C(NC)c1ccc(C)nc1)C(C)(C)C. The number of aromatic nitrogens is 1. The molecule has 102 valence electrons. The van der Waals surface area contributed by atoms with Gasteiger partial charge in [0.1, 0.15) is 0 Å². The Bertz CT molecular complexity index is 354. The molecule has 3 nitrogen and oxygen atoms in total. The molecule has 0 aliphatic heterocycles. The van der Waals surface area contributed by atoms with Crippen molar-refractivity contribution in [2.24, 2.45) is 5.41 Å². The van der Waals surface area contributed by atoms with Crippen LogP contribution in [0, 0.1) is 12.3 Å². The Morgan fingerprint density at radius 3 is 2.39 bits per heavy atom. The predicted octanol–water partition coefficient (Wildman–Crippen LogP) is 3.10. The Hall–Kier alpha value is -0.930. The highest BCUT2D eigenvalue weighted by molar-refractivity contribution is 5.19. The second-order valence-corrected chi connectivity index (χ2v) is 5.74. The molecule has 18 heavy (non-hydrogen) atoms. The predicted molar refractivity (Wildman–Crippen MR) is 75.6 cm³/mol. The number of hydrogen-bond donors (Lipinski definition) is 1. The smallest absolute Gasteiger partial charge is 0.0818 e. The first-order valence-electron chi connectivity index (χ1n) is 6.61. The Morgan fingerprint density at radius 2 is 2.00 bits per heavy atom. The van der Waals surface area contributed by atoms with Gasteiger partial charge in [0.25, 0.3) is 0 Å². The van der Waals surface area contributed by atoms with Crippen molar-refractivity contribution >= 4 is 0 Å². The monoisotopic (exact) mass is 250 g/mol. The third-order valence-electron chi connectivity index (χ3n) is 3.11. The number of pyridine rings is 1. The van der Waals surface area contributed by atoms with E-state index in [2.05, 4.69) is 37.1 Å². The summed E-state index contributed by atoms with van der Waals surface area (Å²) >= 11 is 0. The van der Waals surface area contributed by atoms with Gasteiger partial charge in [-0.05, 0) is 37.9 Å². The summed E-state index contributed by atoms with van der Waals surface area (Å²) in [5.74, 6) is 0. The maximum atomic E-state index is 5.95. The van der Waals surface area contributed by atoms with Crippen LogP contribution in [0.3, 0.4) is 0 Å². The molecule has 3 heteroatoms. The normalized spacial score (nSPS) is 15.4. The van der Waals surface area contributed by atoms with Crippen LogP contribution in [0.15, 0.2) is 18.3 Å². The first kappa shape index (κ1) is 15.1. The Kier molecular flexibility index (Phi) is 5.29. The van der Waals surface area contributed by atoms with Gasteiger partial charge in [-0.15, -0.1) is 0 Å². The molecule has 1 aromatic heterocycles. The number of hydrogen-bond acceptors (Lipinski definition) is 3. The highest BCUT2D eigenvalue weighted by Gasteiger charge is 2.33. The topological polar surface area (TPSA) is 34.1 Å². The van der Waals surface area contributed by atoms with E-state index in [0.717, 1.165) is 12.3 Å². The number of likely N-dealkylation sites (N-methyl/N-ethyl adjacent to an activating group) is 1. The average molecular weight is 250 g/mol. The minimum atomic E-state index is 0.0779. The summed E-state index contributed by atoms with van der Waals surface area (Å²) in [6, 6.07) is 4.34. The van der Waals surface area contributed by atoms with Crippen molar-refractivity contribution in [2.45, 2.75) is 46.8 Å². The third kappa shape index (κ3) is 3.79. The third-order valence-corrected chi connectivity index (χ3v) is 3.11. The van der Waals surface area contributed by atoms with Gasteiger partial charge in [0.15, 0.2) is 0 Å². The summed E-state index contributed by atoms with van der Waals surface area (Å²) in [5.41, 5.74) is 2.29. The molecule has 2 atom stereocenters. The van der Waals surface area contributed by atoms with E-state index >= 15 is 0 Å². The molecule has 0 aliphatic rings. The molecule has 0 bridgehead atoms. The van der Waals surface area contributed by atoms with Crippen LogP contribution in [-0.2, 0) is 4.74 Å². The summed E-state index contributed by atoms with van der Waals surface area (Å²) in [6.45, 7) is 11.4. The largest absolute Gasteiger partial charge is 0.376 e. The number of nitrogens with one attached hydrogen (secondary N) is 1. The lowest BCUT2D eigenvalue weighted by Gasteiger charge is -2.36. The highest BCUT2D eigenvalue weighted by Crippen LogP contribution is 2.32.